The van der Waals surface area contributed by atoms with Crippen LogP contribution >= 0.6 is 21.3 Å². The van der Waals surface area contributed by atoms with Gasteiger partial charge in [-0.2, -0.15) is 5.10 Å². The van der Waals surface area contributed by atoms with Crippen molar-refractivity contribution in [2.75, 3.05) is 16.5 Å². The van der Waals surface area contributed by atoms with Crippen LogP contribution in [0.5, 0.6) is 5.75 Å². The number of rotatable bonds is 7. The van der Waals surface area contributed by atoms with E-state index in [-0.39, 0.29) is 16.3 Å². The van der Waals surface area contributed by atoms with E-state index < -0.39 is 43.5 Å². The number of aryl methyl sites for hydroxylation is 1. The number of esters is 1. The maximum Gasteiger partial charge on any atom is 0.573 e. The Balaban J connectivity index is 1.63. The Hall–Kier alpha value is -4.05. The number of anilines is 1. The number of carbonyl (C=O) groups is 1. The normalized spacial score (nSPS) is 13.5. The largest absolute Gasteiger partial charge is 0.573 e. The standard InChI is InChI=1S/C28H22F3IN4O5S/c1-35-24(15-23(34-35)27(37)40-2)22-12-9-19(18-5-4-6-21(13-18)42(3,38)39)14-25(22)36-26(16-33-32-36)17-7-10-20(11-8-17)41-28(29,30)31/h4-16H,1-3H3. The summed E-state index contributed by atoms with van der Waals surface area (Å²) in [6.45, 7) is 0. The van der Waals surface area contributed by atoms with E-state index >= 15 is 0 Å². The molecule has 0 saturated carbocycles. The summed E-state index contributed by atoms with van der Waals surface area (Å²) in [5.74, 6) is -0.945. The van der Waals surface area contributed by atoms with Gasteiger partial charge in [0, 0.05) is 24.4 Å². The summed E-state index contributed by atoms with van der Waals surface area (Å²) in [7, 11) is -0.496. The first kappa shape index (κ1) is 29.4. The van der Waals surface area contributed by atoms with Gasteiger partial charge in [0.25, 0.3) is 0 Å². The highest BCUT2D eigenvalue weighted by atomic mass is 127. The zero-order valence-electron chi connectivity index (χ0n) is 22.3. The highest BCUT2D eigenvalue weighted by Gasteiger charge is 2.31. The number of methoxy groups -OCH3 is 1. The van der Waals surface area contributed by atoms with E-state index in [1.807, 2.05) is 21.3 Å². The molecule has 0 fully saturated rings. The molecule has 9 nitrogen and oxygen atoms in total. The Morgan fingerprint density at radius 3 is 2.31 bits per heavy atom. The Morgan fingerprint density at radius 1 is 0.952 bits per heavy atom. The number of alkyl halides is 3. The third-order valence-electron chi connectivity index (χ3n) is 6.24. The van der Waals surface area contributed by atoms with Crippen molar-refractivity contribution in [3.8, 4) is 28.1 Å². The van der Waals surface area contributed by atoms with Crippen LogP contribution in [-0.4, -0.2) is 43.9 Å². The monoisotopic (exact) mass is 710 g/mol. The molecule has 0 spiro atoms. The molecule has 2 heterocycles. The summed E-state index contributed by atoms with van der Waals surface area (Å²) in [6, 6.07) is 19.2. The second kappa shape index (κ2) is 11.3. The lowest BCUT2D eigenvalue weighted by Gasteiger charge is -2.23. The first-order valence-electron chi connectivity index (χ1n) is 12.1. The van der Waals surface area contributed by atoms with Gasteiger partial charge in [-0.25, -0.2) is 16.4 Å². The van der Waals surface area contributed by atoms with Crippen molar-refractivity contribution < 1.29 is 35.9 Å². The first-order chi connectivity index (χ1) is 19.8. The Bertz CT molecular complexity index is 1850. The molecule has 1 aliphatic rings. The average molecular weight is 710 g/mol. The second-order valence-corrected chi connectivity index (χ2v) is 13.1. The molecule has 0 aliphatic carbocycles. The summed E-state index contributed by atoms with van der Waals surface area (Å²) in [5.41, 5.74) is 4.75. The SMILES string of the molecule is COC(=O)c1cc(-c2ccc(-c3cccc(S(C)(=O)=O)c3)cc2N2I=NC=C2c2ccc(OC(F)(F)F)cc2)n(C)n1. The zero-order valence-corrected chi connectivity index (χ0v) is 25.2. The van der Waals surface area contributed by atoms with Gasteiger partial charge in [0.05, 0.1) is 35.3 Å². The van der Waals surface area contributed by atoms with Gasteiger partial charge in [-0.05, 0) is 59.7 Å². The smallest absolute Gasteiger partial charge is 0.464 e. The maximum absolute atomic E-state index is 12.7. The predicted molar refractivity (Wildman–Crippen MR) is 159 cm³/mol. The molecule has 42 heavy (non-hydrogen) atoms. The van der Waals surface area contributed by atoms with E-state index in [0.717, 1.165) is 11.8 Å². The van der Waals surface area contributed by atoms with Crippen LogP contribution in [-0.2, 0) is 21.6 Å². The highest BCUT2D eigenvalue weighted by Crippen LogP contribution is 2.45. The van der Waals surface area contributed by atoms with Crippen molar-refractivity contribution in [3.63, 3.8) is 0 Å². The fourth-order valence-electron chi connectivity index (χ4n) is 4.31. The first-order valence-corrected chi connectivity index (χ1v) is 15.9. The van der Waals surface area contributed by atoms with Gasteiger partial charge in [-0.15, -0.1) is 13.2 Å². The second-order valence-electron chi connectivity index (χ2n) is 9.10. The predicted octanol–water partition coefficient (Wildman–Crippen LogP) is 6.73. The van der Waals surface area contributed by atoms with Crippen LogP contribution in [0.3, 0.4) is 0 Å². The van der Waals surface area contributed by atoms with E-state index in [0.29, 0.717) is 33.8 Å². The molecule has 0 atom stereocenters. The van der Waals surface area contributed by atoms with E-state index in [4.69, 9.17) is 4.74 Å². The van der Waals surface area contributed by atoms with Gasteiger partial charge in [-0.3, -0.25) is 7.80 Å². The number of hydrogen-bond acceptors (Lipinski definition) is 8. The zero-order chi connectivity index (χ0) is 30.2. The van der Waals surface area contributed by atoms with E-state index in [1.165, 1.54) is 37.4 Å². The molecule has 0 amide bonds. The quantitative estimate of drug-likeness (QED) is 0.119. The van der Waals surface area contributed by atoms with Crippen LogP contribution in [0.1, 0.15) is 16.1 Å². The van der Waals surface area contributed by atoms with Crippen LogP contribution < -0.4 is 7.85 Å². The molecule has 0 radical (unpaired) electrons. The van der Waals surface area contributed by atoms with Gasteiger partial charge in [0.1, 0.15) is 27.1 Å². The summed E-state index contributed by atoms with van der Waals surface area (Å²) < 4.78 is 79.4. The lowest BCUT2D eigenvalue weighted by molar-refractivity contribution is -0.274. The number of halogens is 4. The van der Waals surface area contributed by atoms with Crippen LogP contribution in [0.15, 0.2) is 87.0 Å². The molecular formula is C28H22F3IN4O5S. The fourth-order valence-corrected chi connectivity index (χ4v) is 6.88. The van der Waals surface area contributed by atoms with Crippen molar-refractivity contribution in [2.45, 2.75) is 11.3 Å². The Morgan fingerprint density at radius 2 is 1.64 bits per heavy atom. The minimum Gasteiger partial charge on any atom is -0.464 e. The molecule has 0 N–H and O–H groups in total. The molecule has 0 bridgehead atoms. The van der Waals surface area contributed by atoms with Gasteiger partial charge in [0.2, 0.25) is 0 Å². The summed E-state index contributed by atoms with van der Waals surface area (Å²) >= 11 is -0.998. The summed E-state index contributed by atoms with van der Waals surface area (Å²) in [4.78, 5) is 12.4. The van der Waals surface area contributed by atoms with Gasteiger partial charge in [0.15, 0.2) is 15.5 Å². The molecule has 4 aromatic rings. The van der Waals surface area contributed by atoms with Crippen molar-refractivity contribution in [3.05, 3.63) is 90.3 Å². The molecule has 218 valence electrons. The average Bonchev–Trinajstić information content (AvgIpc) is 3.58. The molecule has 5 rings (SSSR count). The number of sulfone groups is 1. The van der Waals surface area contributed by atoms with Crippen LogP contribution in [0.4, 0.5) is 18.9 Å². The van der Waals surface area contributed by atoms with E-state index in [9.17, 15) is 26.4 Å². The minimum absolute atomic E-state index is 0.114. The topological polar surface area (TPSA) is 103 Å². The van der Waals surface area contributed by atoms with Crippen molar-refractivity contribution in [1.29, 1.82) is 0 Å². The number of carbonyl (C=O) groups excluding carboxylic acids is 1. The van der Waals surface area contributed by atoms with Crippen LogP contribution in [0.25, 0.3) is 28.1 Å². The maximum atomic E-state index is 12.7. The fraction of sp³-hybridized carbons (Fsp3) is 0.143. The Labute approximate surface area is 249 Å². The minimum atomic E-state index is -4.81. The van der Waals surface area contributed by atoms with Crippen molar-refractivity contribution in [1.82, 2.24) is 9.78 Å². The molecular weight excluding hydrogens is 688 g/mol. The number of aromatic nitrogens is 2. The summed E-state index contributed by atoms with van der Waals surface area (Å²) in [5, 5.41) is 4.28. The molecule has 0 saturated heterocycles. The lowest BCUT2D eigenvalue weighted by Crippen LogP contribution is -2.17. The molecule has 1 aromatic heterocycles. The highest BCUT2D eigenvalue weighted by molar-refractivity contribution is 14.2. The number of hydrogen-bond donors (Lipinski definition) is 0. The molecule has 14 heteroatoms. The number of ether oxygens (including phenoxy) is 2. The molecule has 3 aromatic carbocycles. The van der Waals surface area contributed by atoms with Crippen LogP contribution in [0, 0.1) is 0 Å². The Kier molecular flexibility index (Phi) is 7.94. The molecule has 1 aliphatic heterocycles. The van der Waals surface area contributed by atoms with Gasteiger partial charge < -0.3 is 9.47 Å². The van der Waals surface area contributed by atoms with Crippen molar-refractivity contribution in [2.24, 2.45) is 10.2 Å². The van der Waals surface area contributed by atoms with Crippen LogP contribution in [0.2, 0.25) is 0 Å². The van der Waals surface area contributed by atoms with Gasteiger partial charge >= 0.3 is 12.3 Å². The third-order valence-corrected chi connectivity index (χ3v) is 9.35. The van der Waals surface area contributed by atoms with E-state index in [2.05, 4.69) is 13.0 Å². The third kappa shape index (κ3) is 6.23. The lowest BCUT2D eigenvalue weighted by atomic mass is 10.00. The summed E-state index contributed by atoms with van der Waals surface area (Å²) in [6.07, 6.45) is -2.01. The number of benzene rings is 3. The number of nitrogens with zero attached hydrogens (tertiary/aromatic N) is 4. The van der Waals surface area contributed by atoms with Crippen molar-refractivity contribution >= 4 is 48.5 Å². The van der Waals surface area contributed by atoms with E-state index in [1.54, 1.807) is 42.2 Å². The van der Waals surface area contributed by atoms with Gasteiger partial charge in [-0.1, -0.05) is 24.3 Å². The molecule has 0 unspecified atom stereocenters.